The van der Waals surface area contributed by atoms with E-state index in [2.05, 4.69) is 4.99 Å². The molecule has 22 heavy (non-hydrogen) atoms. The Morgan fingerprint density at radius 3 is 2.64 bits per heavy atom. The molecule has 116 valence electrons. The summed E-state index contributed by atoms with van der Waals surface area (Å²) in [5.41, 5.74) is 0. The number of nitrogens with zero attached hydrogens (tertiary/aromatic N) is 2. The third-order valence-electron chi connectivity index (χ3n) is 4.72. The fourth-order valence-electron chi connectivity index (χ4n) is 3.28. The van der Waals surface area contributed by atoms with Crippen molar-refractivity contribution in [3.8, 4) is 0 Å². The summed E-state index contributed by atoms with van der Waals surface area (Å²) in [6, 6.07) is 7.80. The second-order valence-corrected chi connectivity index (χ2v) is 6.20. The fraction of sp³-hybridized carbons (Fsp3) is 0.500. The molecule has 3 rings (SSSR count). The molecule has 0 radical (unpaired) electrons. The molecule has 0 spiro atoms. The van der Waals surface area contributed by atoms with Crippen molar-refractivity contribution < 1.29 is 14.8 Å². The molecule has 2 aliphatic heterocycles. The van der Waals surface area contributed by atoms with Gasteiger partial charge in [-0.3, -0.25) is 9.79 Å². The van der Waals surface area contributed by atoms with E-state index in [4.69, 9.17) is 0 Å². The van der Waals surface area contributed by atoms with E-state index in [1.54, 1.807) is 0 Å². The summed E-state index contributed by atoms with van der Waals surface area (Å²) in [6.45, 7) is 3.14. The van der Waals surface area contributed by atoms with E-state index in [0.717, 1.165) is 10.6 Å². The van der Waals surface area contributed by atoms with E-state index in [9.17, 15) is 14.8 Å². The van der Waals surface area contributed by atoms with Gasteiger partial charge in [-0.05, 0) is 36.9 Å². The van der Waals surface area contributed by atoms with Gasteiger partial charge < -0.3 is 14.9 Å². The molecule has 1 aromatic rings. The zero-order chi connectivity index (χ0) is 15.7. The fourth-order valence-corrected chi connectivity index (χ4v) is 3.28. The lowest BCUT2D eigenvalue weighted by Crippen LogP contribution is -2.47. The van der Waals surface area contributed by atoms with E-state index < -0.39 is 7.12 Å². The lowest BCUT2D eigenvalue weighted by Gasteiger charge is -2.34. The first-order valence-corrected chi connectivity index (χ1v) is 7.86. The molecule has 2 atom stereocenters. The molecule has 5 nitrogen and oxygen atoms in total. The number of amides is 1. The van der Waals surface area contributed by atoms with Crippen LogP contribution in [0.4, 0.5) is 0 Å². The van der Waals surface area contributed by atoms with Crippen LogP contribution in [0, 0.1) is 5.92 Å². The van der Waals surface area contributed by atoms with E-state index in [0.29, 0.717) is 25.9 Å². The number of hydrogen-bond donors (Lipinski definition) is 2. The van der Waals surface area contributed by atoms with Gasteiger partial charge in [-0.15, -0.1) is 0 Å². The van der Waals surface area contributed by atoms with Crippen LogP contribution < -0.4 is 10.6 Å². The van der Waals surface area contributed by atoms with Crippen molar-refractivity contribution in [3.05, 3.63) is 34.8 Å². The smallest absolute Gasteiger partial charge is 0.427 e. The first kappa shape index (κ1) is 15.2. The van der Waals surface area contributed by atoms with Crippen molar-refractivity contribution in [3.63, 3.8) is 0 Å². The van der Waals surface area contributed by atoms with Crippen LogP contribution >= 0.6 is 0 Å². The number of fused-ring (bicyclic) bond motifs is 1. The van der Waals surface area contributed by atoms with Gasteiger partial charge in [0.15, 0.2) is 0 Å². The minimum absolute atomic E-state index is 0.0662. The van der Waals surface area contributed by atoms with Crippen molar-refractivity contribution in [2.45, 2.75) is 31.6 Å². The molecule has 1 fully saturated rings. The monoisotopic (exact) mass is 300 g/mol. The topological polar surface area (TPSA) is 73.1 Å². The molecule has 2 N–H and O–H groups in total. The van der Waals surface area contributed by atoms with Gasteiger partial charge in [-0.25, -0.2) is 0 Å². The third kappa shape index (κ3) is 2.94. The van der Waals surface area contributed by atoms with E-state index in [1.165, 1.54) is 0 Å². The van der Waals surface area contributed by atoms with Crippen LogP contribution in [-0.2, 0) is 4.79 Å². The van der Waals surface area contributed by atoms with Crippen molar-refractivity contribution in [2.75, 3.05) is 13.1 Å². The van der Waals surface area contributed by atoms with Gasteiger partial charge in [0.25, 0.3) is 0 Å². The Balaban J connectivity index is 1.75. The molecule has 0 saturated carbocycles. The molecule has 2 heterocycles. The molecule has 2 unspecified atom stereocenters. The zero-order valence-electron chi connectivity index (χ0n) is 12.7. The predicted octanol–water partition coefficient (Wildman–Crippen LogP) is -0.430. The molecular formula is C16H21BN2O3. The highest BCUT2D eigenvalue weighted by Crippen LogP contribution is 2.26. The highest BCUT2D eigenvalue weighted by Gasteiger charge is 2.34. The van der Waals surface area contributed by atoms with Crippen LogP contribution in [0.5, 0.6) is 0 Å². The van der Waals surface area contributed by atoms with E-state index in [-0.39, 0.29) is 23.7 Å². The maximum absolute atomic E-state index is 12.8. The standard InChI is InChI=1S/C16H21BN2O3/c1-11-14(10-12-4-2-3-5-15(12)18-11)16(20)19-8-6-13(7-9-19)17(21)22/h2-5,10-11,13-14,21-22H,6-9H2,1H3. The van der Waals surface area contributed by atoms with Gasteiger partial charge in [0.2, 0.25) is 5.91 Å². The summed E-state index contributed by atoms with van der Waals surface area (Å²) in [6.07, 6.45) is 3.29. The predicted molar refractivity (Wildman–Crippen MR) is 84.4 cm³/mol. The first-order chi connectivity index (χ1) is 10.6. The number of benzene rings is 1. The van der Waals surface area contributed by atoms with Crippen LogP contribution in [0.15, 0.2) is 29.3 Å². The highest BCUT2D eigenvalue weighted by molar-refractivity contribution is 6.43. The molecule has 2 aliphatic rings. The van der Waals surface area contributed by atoms with E-state index >= 15 is 0 Å². The van der Waals surface area contributed by atoms with Crippen LogP contribution in [0.3, 0.4) is 0 Å². The number of para-hydroxylation sites is 1. The summed E-state index contributed by atoms with van der Waals surface area (Å²) in [7, 11) is -1.28. The molecule has 0 aliphatic carbocycles. The van der Waals surface area contributed by atoms with Gasteiger partial charge in [0.1, 0.15) is 0 Å². The van der Waals surface area contributed by atoms with Crippen LogP contribution in [-0.4, -0.2) is 47.1 Å². The summed E-state index contributed by atoms with van der Waals surface area (Å²) in [4.78, 5) is 19.2. The van der Waals surface area contributed by atoms with Gasteiger partial charge in [-0.2, -0.15) is 0 Å². The molecule has 1 amide bonds. The average molecular weight is 300 g/mol. The SMILES string of the molecule is CC1N=c2ccccc2=CC1C(=O)N1CCC(B(O)O)CC1. The lowest BCUT2D eigenvalue weighted by atomic mass is 9.67. The van der Waals surface area contributed by atoms with Gasteiger partial charge >= 0.3 is 7.12 Å². The maximum atomic E-state index is 12.8. The Morgan fingerprint density at radius 2 is 1.95 bits per heavy atom. The average Bonchev–Trinajstić information content (AvgIpc) is 2.53. The second kappa shape index (κ2) is 6.22. The number of carbonyl (C=O) groups is 1. The number of rotatable bonds is 2. The number of likely N-dealkylation sites (tertiary alicyclic amines) is 1. The maximum Gasteiger partial charge on any atom is 0.454 e. The Labute approximate surface area is 130 Å². The first-order valence-electron chi connectivity index (χ1n) is 7.86. The zero-order valence-corrected chi connectivity index (χ0v) is 12.7. The highest BCUT2D eigenvalue weighted by atomic mass is 16.4. The van der Waals surface area contributed by atoms with Gasteiger partial charge in [-0.1, -0.05) is 24.3 Å². The van der Waals surface area contributed by atoms with Crippen molar-refractivity contribution in [1.29, 1.82) is 0 Å². The third-order valence-corrected chi connectivity index (χ3v) is 4.72. The number of hydrogen-bond acceptors (Lipinski definition) is 4. The lowest BCUT2D eigenvalue weighted by molar-refractivity contribution is -0.134. The van der Waals surface area contributed by atoms with Crippen LogP contribution in [0.1, 0.15) is 19.8 Å². The van der Waals surface area contributed by atoms with Crippen molar-refractivity contribution in [1.82, 2.24) is 4.90 Å². The van der Waals surface area contributed by atoms with Crippen molar-refractivity contribution in [2.24, 2.45) is 10.9 Å². The number of carbonyl (C=O) groups excluding carboxylic acids is 1. The second-order valence-electron chi connectivity index (χ2n) is 6.20. The Kier molecular flexibility index (Phi) is 4.31. The Bertz CT molecular complexity index is 668. The molecule has 1 saturated heterocycles. The molecular weight excluding hydrogens is 279 g/mol. The molecule has 0 aromatic heterocycles. The normalized spacial score (nSPS) is 25.0. The quantitative estimate of drug-likeness (QED) is 0.728. The van der Waals surface area contributed by atoms with Gasteiger partial charge in [0.05, 0.1) is 17.3 Å². The summed E-state index contributed by atoms with van der Waals surface area (Å²) in [5, 5.41) is 20.4. The van der Waals surface area contributed by atoms with Crippen molar-refractivity contribution >= 4 is 19.1 Å². The minimum Gasteiger partial charge on any atom is -0.427 e. The van der Waals surface area contributed by atoms with Gasteiger partial charge in [0, 0.05) is 13.1 Å². The Hall–Kier alpha value is -1.66. The largest absolute Gasteiger partial charge is 0.454 e. The molecule has 0 bridgehead atoms. The number of piperidine rings is 1. The van der Waals surface area contributed by atoms with Crippen LogP contribution in [0.2, 0.25) is 5.82 Å². The van der Waals surface area contributed by atoms with E-state index in [1.807, 2.05) is 42.2 Å². The Morgan fingerprint density at radius 1 is 1.27 bits per heavy atom. The summed E-state index contributed by atoms with van der Waals surface area (Å²) >= 11 is 0. The van der Waals surface area contributed by atoms with Crippen LogP contribution in [0.25, 0.3) is 6.08 Å². The molecule has 1 aromatic carbocycles. The summed E-state index contributed by atoms with van der Waals surface area (Å²) in [5.74, 6) is -0.260. The summed E-state index contributed by atoms with van der Waals surface area (Å²) < 4.78 is 0. The molecule has 6 heteroatoms. The minimum atomic E-state index is -1.28.